The SMILES string of the molecule is CC(COCC(C)N1C(=O)c2ccc(C(=O)[O-])cc2C1=O)N1C(=O)c2ccc(C(=O)[O-])cc2C1=O.[Na+].[Na+]. The predicted octanol–water partition coefficient (Wildman–Crippen LogP) is -6.89. The summed E-state index contributed by atoms with van der Waals surface area (Å²) in [6.45, 7) is 2.91. The van der Waals surface area contributed by atoms with Crippen molar-refractivity contribution < 1.29 is 103 Å². The normalized spacial score (nSPS) is 15.5. The van der Waals surface area contributed by atoms with E-state index in [4.69, 9.17) is 4.74 Å². The van der Waals surface area contributed by atoms with Crippen molar-refractivity contribution in [3.63, 3.8) is 0 Å². The van der Waals surface area contributed by atoms with Gasteiger partial charge in [0, 0.05) is 0 Å². The van der Waals surface area contributed by atoms with Crippen molar-refractivity contribution >= 4 is 35.6 Å². The number of carboxylic acids is 2. The summed E-state index contributed by atoms with van der Waals surface area (Å²) >= 11 is 0. The van der Waals surface area contributed by atoms with Crippen LogP contribution >= 0.6 is 0 Å². The van der Waals surface area contributed by atoms with Gasteiger partial charge in [-0.15, -0.1) is 0 Å². The van der Waals surface area contributed by atoms with Gasteiger partial charge in [-0.2, -0.15) is 0 Å². The standard InChI is InChI=1S/C24H20N2O9.2Na/c1-11(25-19(27)15-5-3-13(23(31)32)7-17(15)21(25)29)9-35-10-12(2)26-20(28)16-6-4-14(24(33)34)8-18(16)22(26)30;;/h3-8,11-12H,9-10H2,1-2H3,(H,31,32)(H,33,34);;/q;2*+1/p-2. The number of carboxylic acid groups (broad SMARTS) is 2. The molecule has 0 saturated heterocycles. The van der Waals surface area contributed by atoms with Crippen LogP contribution in [0, 0.1) is 0 Å². The van der Waals surface area contributed by atoms with Crippen LogP contribution in [0.25, 0.3) is 0 Å². The zero-order chi connectivity index (χ0) is 25.6. The monoisotopic (exact) mass is 524 g/mol. The van der Waals surface area contributed by atoms with E-state index < -0.39 is 47.7 Å². The second kappa shape index (κ2) is 12.0. The van der Waals surface area contributed by atoms with Gasteiger partial charge in [0.05, 0.1) is 59.5 Å². The number of rotatable bonds is 8. The van der Waals surface area contributed by atoms with Crippen molar-refractivity contribution in [2.24, 2.45) is 0 Å². The largest absolute Gasteiger partial charge is 1.00 e. The molecule has 4 rings (SSSR count). The average molecular weight is 524 g/mol. The molecule has 2 aromatic rings. The topological polar surface area (TPSA) is 164 Å². The Morgan fingerprint density at radius 1 is 0.676 bits per heavy atom. The molecule has 180 valence electrons. The zero-order valence-electron chi connectivity index (χ0n) is 20.6. The molecule has 0 radical (unpaired) electrons. The van der Waals surface area contributed by atoms with Crippen molar-refractivity contribution in [2.45, 2.75) is 25.9 Å². The number of amides is 4. The Morgan fingerprint density at radius 3 is 1.32 bits per heavy atom. The van der Waals surface area contributed by atoms with Gasteiger partial charge in [0.2, 0.25) is 0 Å². The number of fused-ring (bicyclic) bond motifs is 2. The maximum absolute atomic E-state index is 12.7. The number of benzene rings is 2. The summed E-state index contributed by atoms with van der Waals surface area (Å²) in [6, 6.07) is 5.61. The first-order chi connectivity index (χ1) is 16.5. The van der Waals surface area contributed by atoms with Crippen LogP contribution in [-0.4, -0.2) is 70.7 Å². The van der Waals surface area contributed by atoms with Crippen molar-refractivity contribution in [3.8, 4) is 0 Å². The second-order valence-corrected chi connectivity index (χ2v) is 8.29. The summed E-state index contributed by atoms with van der Waals surface area (Å²) in [5, 5.41) is 22.1. The number of nitrogens with zero attached hydrogens (tertiary/aromatic N) is 2. The number of hydrogen-bond donors (Lipinski definition) is 0. The molecule has 0 fully saturated rings. The van der Waals surface area contributed by atoms with Gasteiger partial charge in [0.15, 0.2) is 0 Å². The molecule has 37 heavy (non-hydrogen) atoms. The quantitative estimate of drug-likeness (QED) is 0.241. The summed E-state index contributed by atoms with van der Waals surface area (Å²) in [7, 11) is 0. The van der Waals surface area contributed by atoms with Crippen LogP contribution in [0.15, 0.2) is 36.4 Å². The van der Waals surface area contributed by atoms with E-state index in [9.17, 15) is 39.0 Å². The third-order valence-electron chi connectivity index (χ3n) is 5.91. The number of ether oxygens (including phenoxy) is 1. The smallest absolute Gasteiger partial charge is 0.545 e. The number of carbonyl (C=O) groups excluding carboxylic acids is 6. The fraction of sp³-hybridized carbons (Fsp3) is 0.250. The van der Waals surface area contributed by atoms with Crippen molar-refractivity contribution in [1.82, 2.24) is 9.80 Å². The van der Waals surface area contributed by atoms with E-state index in [1.165, 1.54) is 24.3 Å². The minimum absolute atomic E-state index is 0. The van der Waals surface area contributed by atoms with E-state index in [0.717, 1.165) is 21.9 Å². The molecule has 0 aromatic heterocycles. The minimum Gasteiger partial charge on any atom is -0.545 e. The molecule has 2 aromatic carbocycles. The van der Waals surface area contributed by atoms with Crippen LogP contribution in [-0.2, 0) is 4.74 Å². The molecule has 0 bridgehead atoms. The fourth-order valence-electron chi connectivity index (χ4n) is 4.13. The first kappa shape index (κ1) is 30.8. The van der Waals surface area contributed by atoms with Gasteiger partial charge in [0.1, 0.15) is 0 Å². The van der Waals surface area contributed by atoms with E-state index in [1.54, 1.807) is 13.8 Å². The van der Waals surface area contributed by atoms with Gasteiger partial charge in [-0.25, -0.2) is 0 Å². The number of hydrogen-bond acceptors (Lipinski definition) is 9. The Kier molecular flexibility index (Phi) is 10.00. The molecule has 2 heterocycles. The van der Waals surface area contributed by atoms with Crippen LogP contribution in [0.1, 0.15) is 76.0 Å². The van der Waals surface area contributed by atoms with E-state index >= 15 is 0 Å². The van der Waals surface area contributed by atoms with Gasteiger partial charge in [-0.05, 0) is 49.2 Å². The van der Waals surface area contributed by atoms with Gasteiger partial charge < -0.3 is 24.5 Å². The maximum Gasteiger partial charge on any atom is 1.00 e. The van der Waals surface area contributed by atoms with E-state index in [0.29, 0.717) is 0 Å². The van der Waals surface area contributed by atoms with Crippen molar-refractivity contribution in [1.29, 1.82) is 0 Å². The molecule has 4 amide bonds. The van der Waals surface area contributed by atoms with Gasteiger partial charge in [0.25, 0.3) is 23.6 Å². The molecular weight excluding hydrogens is 506 g/mol. The Hall–Kier alpha value is -2.38. The van der Waals surface area contributed by atoms with Crippen LogP contribution in [0.3, 0.4) is 0 Å². The van der Waals surface area contributed by atoms with Crippen LogP contribution in [0.5, 0.6) is 0 Å². The first-order valence-corrected chi connectivity index (χ1v) is 10.6. The van der Waals surface area contributed by atoms with Gasteiger partial charge in [-0.3, -0.25) is 29.0 Å². The van der Waals surface area contributed by atoms with Crippen LogP contribution in [0.4, 0.5) is 0 Å². The zero-order valence-corrected chi connectivity index (χ0v) is 24.6. The summed E-state index contributed by atoms with van der Waals surface area (Å²) in [5.41, 5.74) is -0.392. The molecule has 2 aliphatic heterocycles. The van der Waals surface area contributed by atoms with E-state index in [-0.39, 0.29) is 106 Å². The minimum atomic E-state index is -1.47. The molecule has 13 heteroatoms. The van der Waals surface area contributed by atoms with E-state index in [1.807, 2.05) is 0 Å². The fourth-order valence-corrected chi connectivity index (χ4v) is 4.13. The summed E-state index contributed by atoms with van der Waals surface area (Å²) in [6.07, 6.45) is 0. The summed E-state index contributed by atoms with van der Waals surface area (Å²) < 4.78 is 5.60. The predicted molar refractivity (Wildman–Crippen MR) is 112 cm³/mol. The van der Waals surface area contributed by atoms with Gasteiger partial charge >= 0.3 is 59.1 Å². The second-order valence-electron chi connectivity index (χ2n) is 8.29. The Labute approximate surface area is 255 Å². The molecule has 2 unspecified atom stereocenters. The molecule has 11 nitrogen and oxygen atoms in total. The molecular formula is C24H18N2Na2O9. The molecule has 0 aliphatic carbocycles. The van der Waals surface area contributed by atoms with Gasteiger partial charge in [-0.1, -0.05) is 12.1 Å². The Balaban J connectivity index is 0.00000241. The summed E-state index contributed by atoms with van der Waals surface area (Å²) in [4.78, 5) is 74.8. The third kappa shape index (κ3) is 5.58. The van der Waals surface area contributed by atoms with E-state index in [2.05, 4.69) is 0 Å². The molecule has 0 spiro atoms. The van der Waals surface area contributed by atoms with Crippen molar-refractivity contribution in [3.05, 3.63) is 69.8 Å². The van der Waals surface area contributed by atoms with Crippen LogP contribution < -0.4 is 69.3 Å². The molecule has 2 aliphatic rings. The number of aromatic carboxylic acids is 2. The maximum atomic E-state index is 12.7. The number of imide groups is 2. The molecule has 2 atom stereocenters. The Morgan fingerprint density at radius 2 is 1.00 bits per heavy atom. The van der Waals surface area contributed by atoms with Crippen molar-refractivity contribution in [2.75, 3.05) is 13.2 Å². The Bertz CT molecular complexity index is 1230. The summed E-state index contributed by atoms with van der Waals surface area (Å²) in [5.74, 6) is -5.46. The molecule has 0 N–H and O–H groups in total. The number of carbonyl (C=O) groups is 6. The van der Waals surface area contributed by atoms with Crippen LogP contribution in [0.2, 0.25) is 0 Å². The first-order valence-electron chi connectivity index (χ1n) is 10.6. The third-order valence-corrected chi connectivity index (χ3v) is 5.91. The molecule has 0 saturated carbocycles. The average Bonchev–Trinajstić information content (AvgIpc) is 3.22.